The third kappa shape index (κ3) is 3.27. The normalized spacial score (nSPS) is 11.4. The quantitative estimate of drug-likeness (QED) is 0.822. The molecule has 0 aliphatic heterocycles. The molecule has 0 bridgehead atoms. The van der Waals surface area contributed by atoms with Gasteiger partial charge in [0.15, 0.2) is 0 Å². The van der Waals surface area contributed by atoms with Crippen molar-refractivity contribution in [2.45, 2.75) is 26.4 Å². The van der Waals surface area contributed by atoms with Crippen molar-refractivity contribution in [3.05, 3.63) is 22.7 Å². The van der Waals surface area contributed by atoms with Gasteiger partial charge in [-0.3, -0.25) is 0 Å². The molecule has 0 radical (unpaired) electrons. The summed E-state index contributed by atoms with van der Waals surface area (Å²) < 4.78 is 6.40. The van der Waals surface area contributed by atoms with Crippen molar-refractivity contribution in [1.82, 2.24) is 0 Å². The van der Waals surface area contributed by atoms with Crippen LogP contribution in [0, 0.1) is 0 Å². The van der Waals surface area contributed by atoms with Gasteiger partial charge in [-0.25, -0.2) is 0 Å². The van der Waals surface area contributed by atoms with Gasteiger partial charge in [0.2, 0.25) is 0 Å². The molecule has 72 valence electrons. The second kappa shape index (κ2) is 3.58. The van der Waals surface area contributed by atoms with Crippen molar-refractivity contribution in [3.63, 3.8) is 0 Å². The standard InChI is InChI=1S/C10H13BrO2/c1-10(2,3)13-9-5-4-7(12)6-8(9)11/h4-6,12H,1-3H3. The third-order valence-electron chi connectivity index (χ3n) is 1.33. The van der Waals surface area contributed by atoms with E-state index in [1.54, 1.807) is 18.2 Å². The number of ether oxygens (including phenoxy) is 1. The van der Waals surface area contributed by atoms with Crippen molar-refractivity contribution in [2.24, 2.45) is 0 Å². The van der Waals surface area contributed by atoms with Crippen molar-refractivity contribution in [2.75, 3.05) is 0 Å². The SMILES string of the molecule is CC(C)(C)Oc1ccc(O)cc1Br. The van der Waals surface area contributed by atoms with Crippen LogP contribution in [0.5, 0.6) is 11.5 Å². The lowest BCUT2D eigenvalue weighted by molar-refractivity contribution is 0.129. The van der Waals surface area contributed by atoms with Crippen LogP contribution >= 0.6 is 15.9 Å². The molecule has 13 heavy (non-hydrogen) atoms. The van der Waals surface area contributed by atoms with Crippen LogP contribution in [0.2, 0.25) is 0 Å². The summed E-state index contributed by atoms with van der Waals surface area (Å²) in [5.74, 6) is 0.971. The van der Waals surface area contributed by atoms with E-state index in [2.05, 4.69) is 15.9 Å². The van der Waals surface area contributed by atoms with Crippen LogP contribution in [-0.2, 0) is 0 Å². The van der Waals surface area contributed by atoms with E-state index >= 15 is 0 Å². The molecule has 0 atom stereocenters. The second-order valence-corrected chi connectivity index (χ2v) is 4.68. The first kappa shape index (κ1) is 10.4. The van der Waals surface area contributed by atoms with Crippen LogP contribution < -0.4 is 4.74 Å². The van der Waals surface area contributed by atoms with Crippen molar-refractivity contribution < 1.29 is 9.84 Å². The smallest absolute Gasteiger partial charge is 0.134 e. The van der Waals surface area contributed by atoms with Gasteiger partial charge in [-0.05, 0) is 54.9 Å². The fourth-order valence-corrected chi connectivity index (χ4v) is 1.35. The molecular formula is C10H13BrO2. The summed E-state index contributed by atoms with van der Waals surface area (Å²) in [5, 5.41) is 9.15. The maximum absolute atomic E-state index is 9.15. The Hall–Kier alpha value is -0.700. The summed E-state index contributed by atoms with van der Waals surface area (Å²) in [6.45, 7) is 5.94. The topological polar surface area (TPSA) is 29.5 Å². The summed E-state index contributed by atoms with van der Waals surface area (Å²) in [5.41, 5.74) is -0.223. The van der Waals surface area contributed by atoms with Crippen LogP contribution in [0.1, 0.15) is 20.8 Å². The van der Waals surface area contributed by atoms with Gasteiger partial charge < -0.3 is 9.84 Å². The number of benzene rings is 1. The van der Waals surface area contributed by atoms with Crippen molar-refractivity contribution >= 4 is 15.9 Å². The van der Waals surface area contributed by atoms with E-state index < -0.39 is 0 Å². The molecule has 0 spiro atoms. The highest BCUT2D eigenvalue weighted by molar-refractivity contribution is 9.10. The summed E-state index contributed by atoms with van der Waals surface area (Å²) in [7, 11) is 0. The monoisotopic (exact) mass is 244 g/mol. The molecule has 1 N–H and O–H groups in total. The fourth-order valence-electron chi connectivity index (χ4n) is 0.902. The average molecular weight is 245 g/mol. The summed E-state index contributed by atoms with van der Waals surface area (Å²) in [6.07, 6.45) is 0. The molecule has 3 heteroatoms. The number of hydrogen-bond acceptors (Lipinski definition) is 2. The van der Waals surface area contributed by atoms with Crippen LogP contribution in [0.15, 0.2) is 22.7 Å². The molecule has 1 aromatic rings. The van der Waals surface area contributed by atoms with Gasteiger partial charge in [0.05, 0.1) is 4.47 Å². The molecular weight excluding hydrogens is 232 g/mol. The average Bonchev–Trinajstić information content (AvgIpc) is 1.93. The Kier molecular flexibility index (Phi) is 2.86. The van der Waals surface area contributed by atoms with E-state index in [9.17, 15) is 0 Å². The maximum atomic E-state index is 9.15. The predicted octanol–water partition coefficient (Wildman–Crippen LogP) is 3.33. The Labute approximate surface area is 86.7 Å². The fraction of sp³-hybridized carbons (Fsp3) is 0.400. The first-order valence-corrected chi connectivity index (χ1v) is 4.85. The van der Waals surface area contributed by atoms with Gasteiger partial charge in [-0.1, -0.05) is 0 Å². The number of halogens is 1. The first-order chi connectivity index (χ1) is 5.88. The van der Waals surface area contributed by atoms with Crippen LogP contribution in [0.4, 0.5) is 0 Å². The lowest BCUT2D eigenvalue weighted by atomic mass is 10.2. The Morgan fingerprint density at radius 2 is 1.92 bits per heavy atom. The van der Waals surface area contributed by atoms with Gasteiger partial charge in [0.25, 0.3) is 0 Å². The highest BCUT2D eigenvalue weighted by atomic mass is 79.9. The second-order valence-electron chi connectivity index (χ2n) is 3.83. The molecule has 0 aliphatic rings. The number of aromatic hydroxyl groups is 1. The van der Waals surface area contributed by atoms with Gasteiger partial charge in [0.1, 0.15) is 17.1 Å². The molecule has 0 fully saturated rings. The molecule has 2 nitrogen and oxygen atoms in total. The summed E-state index contributed by atoms with van der Waals surface area (Å²) in [6, 6.07) is 4.96. The molecule has 0 saturated carbocycles. The van der Waals surface area contributed by atoms with E-state index in [-0.39, 0.29) is 11.4 Å². The Morgan fingerprint density at radius 3 is 2.38 bits per heavy atom. The van der Waals surface area contributed by atoms with Crippen LogP contribution in [0.25, 0.3) is 0 Å². The number of hydrogen-bond donors (Lipinski definition) is 1. The van der Waals surface area contributed by atoms with E-state index in [4.69, 9.17) is 9.84 Å². The zero-order valence-corrected chi connectivity index (χ0v) is 9.55. The Morgan fingerprint density at radius 1 is 1.31 bits per heavy atom. The van der Waals surface area contributed by atoms with Crippen molar-refractivity contribution in [3.8, 4) is 11.5 Å². The highest BCUT2D eigenvalue weighted by Crippen LogP contribution is 2.30. The first-order valence-electron chi connectivity index (χ1n) is 4.06. The van der Waals surface area contributed by atoms with Crippen molar-refractivity contribution in [1.29, 1.82) is 0 Å². The zero-order valence-electron chi connectivity index (χ0n) is 7.97. The van der Waals surface area contributed by atoms with Crippen LogP contribution in [-0.4, -0.2) is 10.7 Å². The van der Waals surface area contributed by atoms with E-state index in [0.29, 0.717) is 0 Å². The van der Waals surface area contributed by atoms with E-state index in [0.717, 1.165) is 10.2 Å². The van der Waals surface area contributed by atoms with E-state index in [1.807, 2.05) is 20.8 Å². The molecule has 1 rings (SSSR count). The lowest BCUT2D eigenvalue weighted by Gasteiger charge is -2.22. The molecule has 0 heterocycles. The molecule has 0 unspecified atom stereocenters. The lowest BCUT2D eigenvalue weighted by Crippen LogP contribution is -2.23. The molecule has 0 aliphatic carbocycles. The Bertz CT molecular complexity index is 302. The van der Waals surface area contributed by atoms with Gasteiger partial charge in [-0.2, -0.15) is 0 Å². The summed E-state index contributed by atoms with van der Waals surface area (Å²) in [4.78, 5) is 0. The number of phenolic OH excluding ortho intramolecular Hbond substituents is 1. The minimum Gasteiger partial charge on any atom is -0.508 e. The molecule has 0 aromatic heterocycles. The number of phenols is 1. The number of rotatable bonds is 1. The zero-order chi connectivity index (χ0) is 10.1. The van der Waals surface area contributed by atoms with Gasteiger partial charge >= 0.3 is 0 Å². The minimum absolute atomic E-state index is 0.223. The highest BCUT2D eigenvalue weighted by Gasteiger charge is 2.13. The molecule has 0 saturated heterocycles. The van der Waals surface area contributed by atoms with Gasteiger partial charge in [0, 0.05) is 0 Å². The predicted molar refractivity (Wildman–Crippen MR) is 56.2 cm³/mol. The molecule has 1 aromatic carbocycles. The third-order valence-corrected chi connectivity index (χ3v) is 1.95. The van der Waals surface area contributed by atoms with Crippen LogP contribution in [0.3, 0.4) is 0 Å². The molecule has 0 amide bonds. The maximum Gasteiger partial charge on any atom is 0.134 e. The van der Waals surface area contributed by atoms with Gasteiger partial charge in [-0.15, -0.1) is 0 Å². The summed E-state index contributed by atoms with van der Waals surface area (Å²) >= 11 is 3.31. The minimum atomic E-state index is -0.223. The Balaban J connectivity index is 2.90. The largest absolute Gasteiger partial charge is 0.508 e. The van der Waals surface area contributed by atoms with E-state index in [1.165, 1.54) is 0 Å².